The number of rotatable bonds is 4. The largest absolute Gasteiger partial charge is 0.332 e. The third kappa shape index (κ3) is 4.96. The monoisotopic (exact) mass is 471 g/mol. The molecule has 0 spiro atoms. The third-order valence-corrected chi connectivity index (χ3v) is 6.12. The molecule has 3 aromatic carbocycles. The van der Waals surface area contributed by atoms with Crippen LogP contribution in [0, 0.1) is 0 Å². The molecule has 4 nitrogen and oxygen atoms in total. The van der Waals surface area contributed by atoms with E-state index in [0.717, 1.165) is 26.4 Å². The highest BCUT2D eigenvalue weighted by Gasteiger charge is 2.12. The van der Waals surface area contributed by atoms with E-state index in [9.17, 15) is 4.79 Å². The molecule has 0 fully saturated rings. The molecule has 4 aromatic rings. The van der Waals surface area contributed by atoms with E-state index in [-0.39, 0.29) is 17.4 Å². The van der Waals surface area contributed by atoms with Gasteiger partial charge in [-0.25, -0.2) is 4.98 Å². The lowest BCUT2D eigenvalue weighted by molar-refractivity contribution is -0.119. The van der Waals surface area contributed by atoms with Gasteiger partial charge in [0.05, 0.1) is 21.7 Å². The van der Waals surface area contributed by atoms with Crippen LogP contribution in [-0.2, 0) is 11.2 Å². The van der Waals surface area contributed by atoms with Crippen LogP contribution in [0.15, 0.2) is 66.7 Å². The first kappa shape index (κ1) is 20.8. The number of fused-ring (bicyclic) bond motifs is 1. The molecule has 0 aliphatic carbocycles. The van der Waals surface area contributed by atoms with Crippen molar-refractivity contribution < 1.29 is 4.79 Å². The number of anilines is 1. The van der Waals surface area contributed by atoms with Crippen LogP contribution in [0.3, 0.4) is 0 Å². The Bertz CT molecular complexity index is 1210. The first-order valence-electron chi connectivity index (χ1n) is 8.99. The van der Waals surface area contributed by atoms with E-state index in [1.165, 1.54) is 0 Å². The van der Waals surface area contributed by atoms with Gasteiger partial charge in [-0.15, -0.1) is 11.3 Å². The van der Waals surface area contributed by atoms with E-state index >= 15 is 0 Å². The highest BCUT2D eigenvalue weighted by atomic mass is 35.5. The molecule has 1 aromatic heterocycles. The van der Waals surface area contributed by atoms with Crippen molar-refractivity contribution in [3.8, 4) is 10.6 Å². The molecule has 1 heterocycles. The second kappa shape index (κ2) is 9.10. The average molecular weight is 472 g/mol. The van der Waals surface area contributed by atoms with E-state index in [4.69, 9.17) is 35.4 Å². The van der Waals surface area contributed by atoms with Gasteiger partial charge in [0.2, 0.25) is 5.91 Å². The molecule has 30 heavy (non-hydrogen) atoms. The molecule has 0 unspecified atom stereocenters. The lowest BCUT2D eigenvalue weighted by Gasteiger charge is -2.11. The summed E-state index contributed by atoms with van der Waals surface area (Å²) < 4.78 is 1.11. The Morgan fingerprint density at radius 2 is 1.80 bits per heavy atom. The minimum Gasteiger partial charge on any atom is -0.332 e. The van der Waals surface area contributed by atoms with Gasteiger partial charge in [-0.1, -0.05) is 47.5 Å². The Hall–Kier alpha value is -2.51. The maximum absolute atomic E-state index is 12.2. The number of nitrogens with one attached hydrogen (secondary N) is 2. The van der Waals surface area contributed by atoms with E-state index in [1.54, 1.807) is 41.7 Å². The van der Waals surface area contributed by atoms with Crippen molar-refractivity contribution in [3.63, 3.8) is 0 Å². The third-order valence-electron chi connectivity index (χ3n) is 4.28. The van der Waals surface area contributed by atoms with Crippen molar-refractivity contribution in [1.29, 1.82) is 0 Å². The summed E-state index contributed by atoms with van der Waals surface area (Å²) >= 11 is 19.2. The number of thiazole rings is 1. The summed E-state index contributed by atoms with van der Waals surface area (Å²) in [6.07, 6.45) is 0.205. The van der Waals surface area contributed by atoms with Gasteiger partial charge in [0.15, 0.2) is 5.11 Å². The molecule has 2 N–H and O–H groups in total. The molecule has 4 rings (SSSR count). The molecule has 1 amide bonds. The van der Waals surface area contributed by atoms with Crippen LogP contribution < -0.4 is 10.6 Å². The molecule has 0 saturated heterocycles. The number of hydrogen-bond donors (Lipinski definition) is 2. The molecule has 0 aliphatic heterocycles. The predicted molar refractivity (Wildman–Crippen MR) is 130 cm³/mol. The molecule has 150 valence electrons. The number of nitrogens with zero attached hydrogens (tertiary/aromatic N) is 1. The second-order valence-corrected chi connectivity index (χ2v) is 8.77. The molecular weight excluding hydrogens is 457 g/mol. The Morgan fingerprint density at radius 1 is 1.03 bits per heavy atom. The summed E-state index contributed by atoms with van der Waals surface area (Å²) in [5, 5.41) is 7.90. The number of thiocarbonyl (C=S) groups is 1. The maximum Gasteiger partial charge on any atom is 0.230 e. The van der Waals surface area contributed by atoms with Crippen molar-refractivity contribution in [3.05, 3.63) is 82.3 Å². The summed E-state index contributed by atoms with van der Waals surface area (Å²) in [4.78, 5) is 16.8. The van der Waals surface area contributed by atoms with Gasteiger partial charge in [-0.2, -0.15) is 0 Å². The van der Waals surface area contributed by atoms with Crippen LogP contribution in [0.2, 0.25) is 10.0 Å². The molecule has 0 bridgehead atoms. The van der Waals surface area contributed by atoms with Gasteiger partial charge < -0.3 is 10.6 Å². The van der Waals surface area contributed by atoms with Crippen LogP contribution in [0.25, 0.3) is 20.8 Å². The second-order valence-electron chi connectivity index (χ2n) is 6.49. The van der Waals surface area contributed by atoms with Gasteiger partial charge in [0.1, 0.15) is 5.01 Å². The van der Waals surface area contributed by atoms with Crippen molar-refractivity contribution in [1.82, 2.24) is 10.3 Å². The number of hydrogen-bond acceptors (Lipinski definition) is 4. The minimum atomic E-state index is -0.216. The highest BCUT2D eigenvalue weighted by molar-refractivity contribution is 7.80. The van der Waals surface area contributed by atoms with E-state index < -0.39 is 0 Å². The number of aromatic nitrogens is 1. The number of amides is 1. The summed E-state index contributed by atoms with van der Waals surface area (Å²) in [6, 6.07) is 20.6. The first-order valence-corrected chi connectivity index (χ1v) is 11.0. The molecule has 0 saturated carbocycles. The van der Waals surface area contributed by atoms with Gasteiger partial charge >= 0.3 is 0 Å². The fraction of sp³-hybridized carbons (Fsp3) is 0.0455. The lowest BCUT2D eigenvalue weighted by atomic mass is 10.1. The van der Waals surface area contributed by atoms with Crippen molar-refractivity contribution >= 4 is 73.7 Å². The Kier molecular flexibility index (Phi) is 6.29. The van der Waals surface area contributed by atoms with Crippen LogP contribution >= 0.6 is 46.8 Å². The van der Waals surface area contributed by atoms with E-state index in [1.807, 2.05) is 36.4 Å². The standard InChI is InChI=1S/C22H15Cl2N3OS2/c23-14-7-5-13(6-8-14)11-20(28)27-22(29)25-15-9-10-16(17(24)12-15)21-26-18-3-1-2-4-19(18)30-21/h1-10,12H,11H2,(H2,25,27,28,29). The smallest absolute Gasteiger partial charge is 0.230 e. The van der Waals surface area contributed by atoms with Crippen molar-refractivity contribution in [2.45, 2.75) is 6.42 Å². The molecular formula is C22H15Cl2N3OS2. The molecule has 8 heteroatoms. The Labute approximate surface area is 192 Å². The van der Waals surface area contributed by atoms with Gasteiger partial charge in [0, 0.05) is 16.3 Å². The zero-order valence-corrected chi connectivity index (χ0v) is 18.6. The fourth-order valence-electron chi connectivity index (χ4n) is 2.87. The normalized spacial score (nSPS) is 10.7. The Morgan fingerprint density at radius 3 is 2.53 bits per heavy atom. The summed E-state index contributed by atoms with van der Waals surface area (Å²) in [7, 11) is 0. The first-order chi connectivity index (χ1) is 14.5. The number of para-hydroxylation sites is 1. The zero-order valence-electron chi connectivity index (χ0n) is 15.5. The van der Waals surface area contributed by atoms with Gasteiger partial charge in [0.25, 0.3) is 0 Å². The lowest BCUT2D eigenvalue weighted by Crippen LogP contribution is -2.35. The van der Waals surface area contributed by atoms with Crippen molar-refractivity contribution in [2.24, 2.45) is 0 Å². The van der Waals surface area contributed by atoms with Gasteiger partial charge in [-0.05, 0) is 60.2 Å². The quantitative estimate of drug-likeness (QED) is 0.341. The number of carbonyl (C=O) groups is 1. The van der Waals surface area contributed by atoms with Crippen molar-refractivity contribution in [2.75, 3.05) is 5.32 Å². The topological polar surface area (TPSA) is 54.0 Å². The minimum absolute atomic E-state index is 0.205. The SMILES string of the molecule is O=C(Cc1ccc(Cl)cc1)NC(=S)Nc1ccc(-c2nc3ccccc3s2)c(Cl)c1. The Balaban J connectivity index is 1.40. The maximum atomic E-state index is 12.2. The molecule has 0 atom stereocenters. The van der Waals surface area contributed by atoms with Crippen LogP contribution in [0.1, 0.15) is 5.56 Å². The van der Waals surface area contributed by atoms with E-state index in [2.05, 4.69) is 15.6 Å². The molecule has 0 radical (unpaired) electrons. The van der Waals surface area contributed by atoms with Gasteiger partial charge in [-0.3, -0.25) is 4.79 Å². The van der Waals surface area contributed by atoms with Crippen LogP contribution in [0.5, 0.6) is 0 Å². The van der Waals surface area contributed by atoms with Crippen LogP contribution in [0.4, 0.5) is 5.69 Å². The summed E-state index contributed by atoms with van der Waals surface area (Å²) in [5.41, 5.74) is 3.33. The molecule has 0 aliphatic rings. The highest BCUT2D eigenvalue weighted by Crippen LogP contribution is 2.35. The number of benzene rings is 3. The number of halogens is 2. The zero-order chi connectivity index (χ0) is 21.1. The van der Waals surface area contributed by atoms with Crippen LogP contribution in [-0.4, -0.2) is 16.0 Å². The fourth-order valence-corrected chi connectivity index (χ4v) is 4.56. The summed E-state index contributed by atoms with van der Waals surface area (Å²) in [5.74, 6) is -0.216. The predicted octanol–water partition coefficient (Wildman–Crippen LogP) is 6.33. The van der Waals surface area contributed by atoms with E-state index in [0.29, 0.717) is 15.7 Å². The number of carbonyl (C=O) groups excluding carboxylic acids is 1. The average Bonchev–Trinajstić information content (AvgIpc) is 3.13. The summed E-state index contributed by atoms with van der Waals surface area (Å²) in [6.45, 7) is 0.